The number of β-amino-alcohol motifs (C(OH)–C–C–N with tert-alkyl or cyclic N) is 1. The molecule has 5 atom stereocenters. The summed E-state index contributed by atoms with van der Waals surface area (Å²) in [7, 11) is -2.10. The summed E-state index contributed by atoms with van der Waals surface area (Å²) in [6.07, 6.45) is 0.729. The smallest absolute Gasteiger partial charge is 0.356 e. The molecule has 0 radical (unpaired) electrons. The van der Waals surface area contributed by atoms with Gasteiger partial charge in [0.25, 0.3) is 0 Å². The monoisotopic (exact) mass is 511 g/mol. The molecule has 190 valence electrons. The van der Waals surface area contributed by atoms with Gasteiger partial charge in [-0.2, -0.15) is 0 Å². The van der Waals surface area contributed by atoms with Crippen molar-refractivity contribution in [1.29, 1.82) is 0 Å². The van der Waals surface area contributed by atoms with Crippen LogP contribution in [0.25, 0.3) is 0 Å². The number of nitrogens with zero attached hydrogens (tertiary/aromatic N) is 2. The van der Waals surface area contributed by atoms with E-state index in [1.54, 1.807) is 4.90 Å². The Labute approximate surface area is 206 Å². The van der Waals surface area contributed by atoms with Crippen molar-refractivity contribution in [1.82, 2.24) is 9.80 Å². The van der Waals surface area contributed by atoms with Crippen molar-refractivity contribution in [3.8, 4) is 0 Å². The van der Waals surface area contributed by atoms with E-state index in [0.717, 1.165) is 0 Å². The minimum absolute atomic E-state index is 0.0000124. The van der Waals surface area contributed by atoms with Gasteiger partial charge in [-0.3, -0.25) is 19.4 Å². The predicted molar refractivity (Wildman–Crippen MR) is 133 cm³/mol. The van der Waals surface area contributed by atoms with E-state index < -0.39 is 38.3 Å². The average Bonchev–Trinajstić information content (AvgIpc) is 3.23. The van der Waals surface area contributed by atoms with Crippen molar-refractivity contribution in [3.63, 3.8) is 0 Å². The summed E-state index contributed by atoms with van der Waals surface area (Å²) in [6, 6.07) is -0.630. The van der Waals surface area contributed by atoms with Crippen LogP contribution in [0.5, 0.6) is 0 Å². The van der Waals surface area contributed by atoms with Gasteiger partial charge >= 0.3 is 5.97 Å². The fourth-order valence-electron chi connectivity index (χ4n) is 4.40. The molecule has 0 unspecified atom stereocenters. The number of thioether (sulfide) groups is 1. The Balaban J connectivity index is 1.84. The molecule has 3 aliphatic heterocycles. The number of esters is 1. The number of nitrogens with two attached hydrogens (primary N) is 1. The topological polar surface area (TPSA) is 122 Å². The molecule has 3 heterocycles. The van der Waals surface area contributed by atoms with Gasteiger partial charge in [-0.25, -0.2) is 4.79 Å². The molecule has 0 aliphatic carbocycles. The number of amides is 2. The van der Waals surface area contributed by atoms with Gasteiger partial charge in [-0.15, -0.1) is 11.8 Å². The van der Waals surface area contributed by atoms with Crippen LogP contribution in [0.2, 0.25) is 18.1 Å². The van der Waals surface area contributed by atoms with Crippen LogP contribution in [-0.4, -0.2) is 84.3 Å². The number of hydrogen-bond acceptors (Lipinski definition) is 8. The minimum atomic E-state index is -2.10. The van der Waals surface area contributed by atoms with E-state index in [0.29, 0.717) is 4.91 Å². The fraction of sp³-hybridized carbons (Fsp3) is 0.696. The summed E-state index contributed by atoms with van der Waals surface area (Å²) in [5.74, 6) is -1.69. The van der Waals surface area contributed by atoms with E-state index in [9.17, 15) is 19.5 Å². The van der Waals surface area contributed by atoms with Crippen molar-refractivity contribution in [2.24, 2.45) is 11.7 Å². The molecule has 2 amide bonds. The largest absolute Gasteiger partial charge is 0.457 e. The number of aliphatic hydroxyl groups excluding tert-OH is 1. The first-order valence-corrected chi connectivity index (χ1v) is 15.4. The van der Waals surface area contributed by atoms with Gasteiger partial charge < -0.3 is 20.0 Å². The molecule has 3 aliphatic rings. The molecule has 3 N–H and O–H groups in total. The lowest BCUT2D eigenvalue weighted by atomic mass is 9.92. The van der Waals surface area contributed by atoms with Crippen LogP contribution in [-0.2, 0) is 23.5 Å². The van der Waals surface area contributed by atoms with E-state index in [-0.39, 0.29) is 54.2 Å². The third-order valence-electron chi connectivity index (χ3n) is 7.23. The maximum absolute atomic E-state index is 13.3. The van der Waals surface area contributed by atoms with Crippen molar-refractivity contribution >= 4 is 37.9 Å². The van der Waals surface area contributed by atoms with Crippen molar-refractivity contribution < 1.29 is 28.7 Å². The lowest BCUT2D eigenvalue weighted by molar-refractivity contribution is -0.157. The molecule has 0 aromatic heterocycles. The van der Waals surface area contributed by atoms with Crippen molar-refractivity contribution in [3.05, 3.63) is 23.3 Å². The molecule has 0 saturated carbocycles. The molecule has 11 heteroatoms. The fourth-order valence-corrected chi connectivity index (χ4v) is 7.45. The first kappa shape index (κ1) is 26.9. The molecule has 0 bridgehead atoms. The van der Waals surface area contributed by atoms with Gasteiger partial charge in [0.15, 0.2) is 8.32 Å². The number of aliphatic hydroxyl groups is 1. The molecule has 3 rings (SSSR count). The van der Waals surface area contributed by atoms with Crippen LogP contribution in [0, 0.1) is 5.92 Å². The lowest BCUT2D eigenvalue weighted by Crippen LogP contribution is -2.62. The number of primary amides is 1. The van der Waals surface area contributed by atoms with Gasteiger partial charge in [0.1, 0.15) is 17.7 Å². The number of hydrogen-bond donors (Lipinski definition) is 2. The van der Waals surface area contributed by atoms with Gasteiger partial charge in [-0.1, -0.05) is 33.4 Å². The quantitative estimate of drug-likeness (QED) is 0.208. The second-order valence-electron chi connectivity index (χ2n) is 10.7. The van der Waals surface area contributed by atoms with Gasteiger partial charge in [-0.05, 0) is 31.5 Å². The van der Waals surface area contributed by atoms with Crippen LogP contribution in [0.15, 0.2) is 23.3 Å². The van der Waals surface area contributed by atoms with Gasteiger partial charge in [0.2, 0.25) is 11.8 Å². The van der Waals surface area contributed by atoms with E-state index in [4.69, 9.17) is 14.9 Å². The standard InChI is InChI=1S/C23H37N3O6SSi/c1-8-9-31-22(30)18-16(12-25-11-14(27)10-15(25)19(24)28)33-21-17(20(29)26(18)21)13(2)32-34(6,7)23(3,4)5/h8,13-15,17,21,27H,1,9-12H2,2-7H3,(H2,24,28)/t13-,14-,15+,17+,21-/m1/s1. The Morgan fingerprint density at radius 2 is 2.03 bits per heavy atom. The Bertz CT molecular complexity index is 902. The Morgan fingerprint density at radius 1 is 1.38 bits per heavy atom. The number of likely N-dealkylation sites (tertiary alicyclic amines) is 1. The molecule has 2 fully saturated rings. The first-order valence-electron chi connectivity index (χ1n) is 11.6. The average molecular weight is 512 g/mol. The van der Waals surface area contributed by atoms with Crippen molar-refractivity contribution in [2.45, 2.75) is 75.9 Å². The van der Waals surface area contributed by atoms with Crippen LogP contribution >= 0.6 is 11.8 Å². The summed E-state index contributed by atoms with van der Waals surface area (Å²) in [5.41, 5.74) is 5.73. The highest BCUT2D eigenvalue weighted by Crippen LogP contribution is 2.52. The molecule has 0 aromatic carbocycles. The number of carbonyl (C=O) groups is 3. The number of ether oxygens (including phenoxy) is 1. The summed E-state index contributed by atoms with van der Waals surface area (Å²) < 4.78 is 11.8. The second kappa shape index (κ2) is 9.77. The normalized spacial score (nSPS) is 28.6. The van der Waals surface area contributed by atoms with E-state index in [1.807, 2.05) is 6.92 Å². The van der Waals surface area contributed by atoms with Crippen LogP contribution in [0.1, 0.15) is 34.1 Å². The number of rotatable bonds is 9. The summed E-state index contributed by atoms with van der Waals surface area (Å²) in [5, 5.41) is 9.79. The number of β-lactam (4-membered cyclic amide) rings is 1. The van der Waals surface area contributed by atoms with Crippen LogP contribution < -0.4 is 5.73 Å². The van der Waals surface area contributed by atoms with Gasteiger partial charge in [0, 0.05) is 18.0 Å². The zero-order valence-electron chi connectivity index (χ0n) is 20.9. The maximum atomic E-state index is 13.3. The first-order chi connectivity index (χ1) is 15.7. The van der Waals surface area contributed by atoms with Gasteiger partial charge in [0.05, 0.1) is 24.2 Å². The summed E-state index contributed by atoms with van der Waals surface area (Å²) >= 11 is 1.42. The third kappa shape index (κ3) is 4.99. The molecular weight excluding hydrogens is 474 g/mol. The SMILES string of the molecule is C=CCOC(=O)C1=C(CN2C[C@H](O)C[C@H]2C(N)=O)S[C@@H]2[C@@H]([C@@H](C)O[Si](C)(C)C(C)(C)C)C(=O)N12. The Hall–Kier alpha value is -1.66. The molecule has 0 spiro atoms. The second-order valence-corrected chi connectivity index (χ2v) is 16.7. The van der Waals surface area contributed by atoms with E-state index >= 15 is 0 Å². The Kier molecular flexibility index (Phi) is 7.74. The van der Waals surface area contributed by atoms with Crippen LogP contribution in [0.4, 0.5) is 0 Å². The lowest BCUT2D eigenvalue weighted by Gasteiger charge is -2.48. The van der Waals surface area contributed by atoms with E-state index in [1.165, 1.54) is 22.7 Å². The maximum Gasteiger partial charge on any atom is 0.356 e. The highest BCUT2D eigenvalue weighted by Gasteiger charge is 2.59. The summed E-state index contributed by atoms with van der Waals surface area (Å²) in [6.45, 7) is 16.8. The molecule has 0 aromatic rings. The zero-order valence-corrected chi connectivity index (χ0v) is 22.7. The molecule has 2 saturated heterocycles. The Morgan fingerprint density at radius 3 is 2.59 bits per heavy atom. The van der Waals surface area contributed by atoms with E-state index in [2.05, 4.69) is 40.4 Å². The van der Waals surface area contributed by atoms with Crippen molar-refractivity contribution in [2.75, 3.05) is 19.7 Å². The number of carbonyl (C=O) groups excluding carboxylic acids is 3. The predicted octanol–water partition coefficient (Wildman–Crippen LogP) is 1.79. The third-order valence-corrected chi connectivity index (χ3v) is 13.2. The summed E-state index contributed by atoms with van der Waals surface area (Å²) in [4.78, 5) is 42.0. The zero-order chi connectivity index (χ0) is 25.6. The highest BCUT2D eigenvalue weighted by atomic mass is 32.2. The van der Waals surface area contributed by atoms with Crippen LogP contribution in [0.3, 0.4) is 0 Å². The molecule has 9 nitrogen and oxygen atoms in total. The molecule has 34 heavy (non-hydrogen) atoms. The number of fused-ring (bicyclic) bond motifs is 1. The molecular formula is C23H37N3O6SSi. The highest BCUT2D eigenvalue weighted by molar-refractivity contribution is 8.04. The minimum Gasteiger partial charge on any atom is -0.457 e.